The monoisotopic (exact) mass is 282 g/mol. The highest BCUT2D eigenvalue weighted by Gasteiger charge is 2.36. The molecule has 0 unspecified atom stereocenters. The molecule has 0 amide bonds. The summed E-state index contributed by atoms with van der Waals surface area (Å²) in [6.07, 6.45) is 0. The van der Waals surface area contributed by atoms with Gasteiger partial charge in [-0.3, -0.25) is 4.79 Å². The second kappa shape index (κ2) is 4.62. The lowest BCUT2D eigenvalue weighted by Gasteiger charge is -2.18. The van der Waals surface area contributed by atoms with Crippen LogP contribution in [0.15, 0.2) is 45.4 Å². The Morgan fingerprint density at radius 2 is 1.81 bits per heavy atom. The van der Waals surface area contributed by atoms with Gasteiger partial charge < -0.3 is 0 Å². The fourth-order valence-electron chi connectivity index (χ4n) is 2.55. The lowest BCUT2D eigenvalue weighted by atomic mass is 9.94. The first-order chi connectivity index (χ1) is 9.92. The molecule has 1 aromatic heterocycles. The van der Waals surface area contributed by atoms with Crippen LogP contribution >= 0.6 is 0 Å². The molecule has 0 saturated heterocycles. The Bertz CT molecular complexity index is 773. The molecule has 2 aromatic rings. The molecule has 5 nitrogen and oxygen atoms in total. The third-order valence-electron chi connectivity index (χ3n) is 3.64. The number of aromatic nitrogens is 2. The summed E-state index contributed by atoms with van der Waals surface area (Å²) in [5.74, 6) is 0. The minimum Gasteiger partial charge on any atom is -0.267 e. The van der Waals surface area contributed by atoms with Crippen LogP contribution in [0.25, 0.3) is 11.3 Å². The number of rotatable bonds is 2. The zero-order chi connectivity index (χ0) is 15.2. The molecule has 1 aromatic carbocycles. The maximum absolute atomic E-state index is 12.7. The number of fused-ring (bicyclic) bond motifs is 1. The van der Waals surface area contributed by atoms with Crippen molar-refractivity contribution in [2.75, 3.05) is 0 Å². The Labute approximate surface area is 123 Å². The molecule has 0 N–H and O–H groups in total. The maximum Gasteiger partial charge on any atom is 0.275 e. The Kier molecular flexibility index (Phi) is 3.01. The molecule has 2 heterocycles. The summed E-state index contributed by atoms with van der Waals surface area (Å²) in [6, 6.07) is 9.78. The van der Waals surface area contributed by atoms with E-state index in [9.17, 15) is 4.79 Å². The fourth-order valence-corrected chi connectivity index (χ4v) is 2.55. The van der Waals surface area contributed by atoms with Crippen molar-refractivity contribution in [3.8, 4) is 11.3 Å². The van der Waals surface area contributed by atoms with Gasteiger partial charge in [0.2, 0.25) is 0 Å². The predicted octanol–water partition coefficient (Wildman–Crippen LogP) is 3.82. The van der Waals surface area contributed by atoms with Gasteiger partial charge in [0.1, 0.15) is 16.9 Å². The molecule has 108 valence electrons. The molecule has 0 fully saturated rings. The Morgan fingerprint density at radius 3 is 2.43 bits per heavy atom. The Balaban J connectivity index is 2.37. The molecule has 0 bridgehead atoms. The largest absolute Gasteiger partial charge is 0.275 e. The normalized spacial score (nSPS) is 15.5. The summed E-state index contributed by atoms with van der Waals surface area (Å²) < 4.78 is 1.53. The van der Waals surface area contributed by atoms with E-state index in [1.807, 2.05) is 58.0 Å². The van der Waals surface area contributed by atoms with Gasteiger partial charge in [0, 0.05) is 5.56 Å². The molecule has 0 radical (unpaired) electrons. The lowest BCUT2D eigenvalue weighted by molar-refractivity contribution is 0.480. The first-order valence-electron chi connectivity index (χ1n) is 7.07. The maximum atomic E-state index is 12.7. The molecule has 0 spiro atoms. The van der Waals surface area contributed by atoms with Crippen LogP contribution in [0, 0.1) is 0 Å². The minimum atomic E-state index is -0.602. The van der Waals surface area contributed by atoms with Gasteiger partial charge in [-0.2, -0.15) is 15.3 Å². The smallest absolute Gasteiger partial charge is 0.267 e. The van der Waals surface area contributed by atoms with Gasteiger partial charge in [-0.25, -0.2) is 4.68 Å². The molecule has 5 heteroatoms. The standard InChI is InChI=1S/C16H18N4O/c1-10(2)20-15(21)12-14(17-19-16(12,3)4)13(18-20)11-8-6-5-7-9-11/h5-10H,1-4H3. The van der Waals surface area contributed by atoms with Crippen molar-refractivity contribution in [1.82, 2.24) is 9.78 Å². The van der Waals surface area contributed by atoms with Crippen molar-refractivity contribution in [3.05, 3.63) is 46.2 Å². The van der Waals surface area contributed by atoms with Crippen molar-refractivity contribution < 1.29 is 0 Å². The summed E-state index contributed by atoms with van der Waals surface area (Å²) in [7, 11) is 0. The molecular formula is C16H18N4O. The van der Waals surface area contributed by atoms with E-state index in [1.165, 1.54) is 4.68 Å². The third kappa shape index (κ3) is 2.09. The number of azo groups is 1. The Morgan fingerprint density at radius 1 is 1.14 bits per heavy atom. The van der Waals surface area contributed by atoms with E-state index < -0.39 is 5.54 Å². The molecule has 0 saturated carbocycles. The summed E-state index contributed by atoms with van der Waals surface area (Å²) in [4.78, 5) is 12.7. The highest BCUT2D eigenvalue weighted by molar-refractivity contribution is 5.75. The number of nitrogens with zero attached hydrogens (tertiary/aromatic N) is 4. The van der Waals surface area contributed by atoms with Crippen LogP contribution in [0.1, 0.15) is 39.3 Å². The van der Waals surface area contributed by atoms with Crippen LogP contribution in [-0.2, 0) is 5.54 Å². The molecule has 0 aliphatic carbocycles. The molecule has 3 rings (SSSR count). The van der Waals surface area contributed by atoms with Crippen molar-refractivity contribution in [1.29, 1.82) is 0 Å². The molecule has 1 aliphatic heterocycles. The molecular weight excluding hydrogens is 264 g/mol. The Hall–Kier alpha value is -2.30. The van der Waals surface area contributed by atoms with Gasteiger partial charge in [0.15, 0.2) is 0 Å². The van der Waals surface area contributed by atoms with Crippen molar-refractivity contribution in [2.45, 2.75) is 39.3 Å². The van der Waals surface area contributed by atoms with Crippen LogP contribution in [0.4, 0.5) is 5.69 Å². The molecule has 1 aliphatic rings. The summed E-state index contributed by atoms with van der Waals surface area (Å²) in [6.45, 7) is 7.71. The van der Waals surface area contributed by atoms with E-state index in [0.29, 0.717) is 16.9 Å². The quantitative estimate of drug-likeness (QED) is 0.840. The van der Waals surface area contributed by atoms with Crippen LogP contribution in [0.2, 0.25) is 0 Å². The second-order valence-corrected chi connectivity index (χ2v) is 6.04. The number of hydrogen-bond acceptors (Lipinski definition) is 4. The minimum absolute atomic E-state index is 0.0123. The number of hydrogen-bond donors (Lipinski definition) is 0. The van der Waals surface area contributed by atoms with Gasteiger partial charge in [0.25, 0.3) is 5.56 Å². The highest BCUT2D eigenvalue weighted by atomic mass is 16.1. The SMILES string of the molecule is CC(C)n1nc(-c2ccccc2)c2c(c1=O)C(C)(C)N=N2. The van der Waals surface area contributed by atoms with Gasteiger partial charge in [-0.1, -0.05) is 30.3 Å². The molecule has 21 heavy (non-hydrogen) atoms. The average molecular weight is 282 g/mol. The highest BCUT2D eigenvalue weighted by Crippen LogP contribution is 2.42. The first-order valence-corrected chi connectivity index (χ1v) is 7.07. The van der Waals surface area contributed by atoms with Crippen molar-refractivity contribution in [3.63, 3.8) is 0 Å². The molecule has 0 atom stereocenters. The van der Waals surface area contributed by atoms with E-state index in [1.54, 1.807) is 0 Å². The number of benzene rings is 1. The topological polar surface area (TPSA) is 59.6 Å². The van der Waals surface area contributed by atoms with E-state index in [2.05, 4.69) is 15.3 Å². The second-order valence-electron chi connectivity index (χ2n) is 6.04. The average Bonchev–Trinajstić information content (AvgIpc) is 2.76. The van der Waals surface area contributed by atoms with Crippen molar-refractivity contribution in [2.24, 2.45) is 10.2 Å². The lowest BCUT2D eigenvalue weighted by Crippen LogP contribution is -2.32. The van der Waals surface area contributed by atoms with E-state index in [-0.39, 0.29) is 11.6 Å². The van der Waals surface area contributed by atoms with E-state index in [4.69, 9.17) is 0 Å². The first kappa shape index (κ1) is 13.7. The van der Waals surface area contributed by atoms with Crippen LogP contribution < -0.4 is 5.56 Å². The zero-order valence-electron chi connectivity index (χ0n) is 12.7. The van der Waals surface area contributed by atoms with Crippen molar-refractivity contribution >= 4 is 5.69 Å². The fraction of sp³-hybridized carbons (Fsp3) is 0.375. The van der Waals surface area contributed by atoms with Gasteiger partial charge in [0.05, 0.1) is 11.6 Å². The van der Waals surface area contributed by atoms with Gasteiger partial charge in [-0.15, -0.1) is 0 Å². The van der Waals surface area contributed by atoms with Crippen LogP contribution in [0.5, 0.6) is 0 Å². The zero-order valence-corrected chi connectivity index (χ0v) is 12.7. The predicted molar refractivity (Wildman–Crippen MR) is 81.9 cm³/mol. The van der Waals surface area contributed by atoms with E-state index in [0.717, 1.165) is 5.56 Å². The summed E-state index contributed by atoms with van der Waals surface area (Å²) in [5.41, 5.74) is 2.19. The summed E-state index contributed by atoms with van der Waals surface area (Å²) >= 11 is 0. The van der Waals surface area contributed by atoms with Gasteiger partial charge in [-0.05, 0) is 27.7 Å². The van der Waals surface area contributed by atoms with Gasteiger partial charge >= 0.3 is 0 Å². The van der Waals surface area contributed by atoms with E-state index >= 15 is 0 Å². The van der Waals surface area contributed by atoms with Crippen LogP contribution in [0.3, 0.4) is 0 Å². The van der Waals surface area contributed by atoms with Crippen LogP contribution in [-0.4, -0.2) is 9.78 Å². The third-order valence-corrected chi connectivity index (χ3v) is 3.64. The summed E-state index contributed by atoms with van der Waals surface area (Å²) in [5, 5.41) is 13.0.